The average Bonchev–Trinajstić information content (AvgIpc) is 2.81. The van der Waals surface area contributed by atoms with Crippen molar-refractivity contribution in [3.8, 4) is 0 Å². The van der Waals surface area contributed by atoms with Crippen LogP contribution in [0.25, 0.3) is 21.9 Å². The van der Waals surface area contributed by atoms with Crippen molar-refractivity contribution >= 4 is 43.7 Å². The van der Waals surface area contributed by atoms with Crippen LogP contribution in [0.15, 0.2) is 29.0 Å². The Bertz CT molecular complexity index is 753. The number of aromatic nitrogens is 3. The summed E-state index contributed by atoms with van der Waals surface area (Å²) in [5.74, 6) is 0.455. The van der Waals surface area contributed by atoms with Crippen molar-refractivity contribution in [1.82, 2.24) is 14.5 Å². The number of rotatable bonds is 3. The van der Waals surface area contributed by atoms with E-state index in [0.29, 0.717) is 12.4 Å². The number of benzene rings is 1. The van der Waals surface area contributed by atoms with Crippen molar-refractivity contribution in [3.63, 3.8) is 0 Å². The molecule has 2 N–H and O–H groups in total. The topological polar surface area (TPSA) is 66.0 Å². The molecule has 0 saturated carbocycles. The van der Waals surface area contributed by atoms with Gasteiger partial charge in [-0.05, 0) is 18.2 Å². The summed E-state index contributed by atoms with van der Waals surface area (Å²) in [6.45, 7) is 1.37. The van der Waals surface area contributed by atoms with Gasteiger partial charge in [0.25, 0.3) is 0 Å². The fourth-order valence-electron chi connectivity index (χ4n) is 2.19. The molecule has 3 rings (SSSR count). The maximum atomic E-state index is 5.98. The molecule has 1 aromatic carbocycles. The van der Waals surface area contributed by atoms with E-state index in [4.69, 9.17) is 10.5 Å². The number of ether oxygens (including phenoxy) is 1. The summed E-state index contributed by atoms with van der Waals surface area (Å²) in [6, 6.07) is 5.98. The SMILES string of the molecule is COCCn1cnc2c(N)nc3cc(Br)ccc3c21. The fraction of sp³-hybridized carbons (Fsp3) is 0.231. The number of halogens is 1. The van der Waals surface area contributed by atoms with Crippen LogP contribution in [0.5, 0.6) is 0 Å². The molecule has 0 atom stereocenters. The third-order valence-corrected chi connectivity index (χ3v) is 3.57. The standard InChI is InChI=1S/C13H13BrN4O/c1-19-5-4-18-7-16-11-12(18)9-3-2-8(14)6-10(9)17-13(11)15/h2-3,6-7H,4-5H2,1H3,(H2,15,17). The first-order chi connectivity index (χ1) is 9.20. The summed E-state index contributed by atoms with van der Waals surface area (Å²) < 4.78 is 8.15. The number of hydrogen-bond acceptors (Lipinski definition) is 4. The molecule has 2 heterocycles. The summed E-state index contributed by atoms with van der Waals surface area (Å²) in [4.78, 5) is 8.75. The van der Waals surface area contributed by atoms with Crippen LogP contribution in [0.2, 0.25) is 0 Å². The molecule has 0 spiro atoms. The quantitative estimate of drug-likeness (QED) is 0.805. The van der Waals surface area contributed by atoms with Gasteiger partial charge in [-0.15, -0.1) is 0 Å². The Morgan fingerprint density at radius 1 is 1.42 bits per heavy atom. The van der Waals surface area contributed by atoms with Gasteiger partial charge < -0.3 is 15.0 Å². The zero-order chi connectivity index (χ0) is 13.4. The minimum absolute atomic E-state index is 0.455. The van der Waals surface area contributed by atoms with Gasteiger partial charge in [0.2, 0.25) is 0 Å². The third-order valence-electron chi connectivity index (χ3n) is 3.07. The number of imidazole rings is 1. The van der Waals surface area contributed by atoms with E-state index in [1.807, 2.05) is 22.8 Å². The molecule has 5 nitrogen and oxygen atoms in total. The largest absolute Gasteiger partial charge is 0.383 e. The summed E-state index contributed by atoms with van der Waals surface area (Å²) in [6.07, 6.45) is 1.78. The number of hydrogen-bond donors (Lipinski definition) is 1. The number of pyridine rings is 1. The van der Waals surface area contributed by atoms with Gasteiger partial charge in [0.1, 0.15) is 5.52 Å². The first-order valence-electron chi connectivity index (χ1n) is 5.89. The highest BCUT2D eigenvalue weighted by atomic mass is 79.9. The van der Waals surface area contributed by atoms with E-state index >= 15 is 0 Å². The van der Waals surface area contributed by atoms with Crippen molar-refractivity contribution < 1.29 is 4.74 Å². The van der Waals surface area contributed by atoms with Gasteiger partial charge in [-0.25, -0.2) is 9.97 Å². The predicted molar refractivity (Wildman–Crippen MR) is 79.0 cm³/mol. The van der Waals surface area contributed by atoms with Crippen molar-refractivity contribution in [2.45, 2.75) is 6.54 Å². The molecule has 3 aromatic rings. The van der Waals surface area contributed by atoms with Crippen LogP contribution in [0, 0.1) is 0 Å². The normalized spacial score (nSPS) is 11.5. The molecule has 98 valence electrons. The second kappa shape index (κ2) is 4.79. The molecule has 0 radical (unpaired) electrons. The Kier molecular flexibility index (Phi) is 3.12. The number of nitrogen functional groups attached to an aromatic ring is 1. The molecule has 0 fully saturated rings. The highest BCUT2D eigenvalue weighted by Gasteiger charge is 2.12. The van der Waals surface area contributed by atoms with Crippen LogP contribution in [0.1, 0.15) is 0 Å². The minimum atomic E-state index is 0.455. The Balaban J connectivity index is 2.33. The Morgan fingerprint density at radius 2 is 2.26 bits per heavy atom. The van der Waals surface area contributed by atoms with Gasteiger partial charge >= 0.3 is 0 Å². The summed E-state index contributed by atoms with van der Waals surface area (Å²) in [5, 5.41) is 1.04. The predicted octanol–water partition coefficient (Wildman–Crippen LogP) is 2.58. The Labute approximate surface area is 118 Å². The van der Waals surface area contributed by atoms with E-state index in [9.17, 15) is 0 Å². The molecule has 0 unspecified atom stereocenters. The molecule has 19 heavy (non-hydrogen) atoms. The van der Waals surface area contributed by atoms with E-state index in [0.717, 1.165) is 33.0 Å². The molecule has 6 heteroatoms. The third kappa shape index (κ3) is 2.06. The van der Waals surface area contributed by atoms with Gasteiger partial charge in [0.15, 0.2) is 5.82 Å². The highest BCUT2D eigenvalue weighted by molar-refractivity contribution is 9.10. The molecular formula is C13H13BrN4O. The number of nitrogens with two attached hydrogens (primary N) is 1. The van der Waals surface area contributed by atoms with Crippen LogP contribution in [0.3, 0.4) is 0 Å². The first kappa shape index (κ1) is 12.4. The van der Waals surface area contributed by atoms with Crippen molar-refractivity contribution in [1.29, 1.82) is 0 Å². The smallest absolute Gasteiger partial charge is 0.152 e. The van der Waals surface area contributed by atoms with Crippen LogP contribution in [0.4, 0.5) is 5.82 Å². The van der Waals surface area contributed by atoms with E-state index in [2.05, 4.69) is 25.9 Å². The zero-order valence-electron chi connectivity index (χ0n) is 10.4. The number of methoxy groups -OCH3 is 1. The molecule has 0 bridgehead atoms. The molecule has 2 aromatic heterocycles. The summed E-state index contributed by atoms with van der Waals surface area (Å²) >= 11 is 3.45. The maximum Gasteiger partial charge on any atom is 0.152 e. The van der Waals surface area contributed by atoms with Crippen LogP contribution >= 0.6 is 15.9 Å². The lowest BCUT2D eigenvalue weighted by Gasteiger charge is -2.07. The first-order valence-corrected chi connectivity index (χ1v) is 6.68. The summed E-state index contributed by atoms with van der Waals surface area (Å²) in [5.41, 5.74) is 8.59. The van der Waals surface area contributed by atoms with Gasteiger partial charge in [0.05, 0.1) is 24.0 Å². The molecular weight excluding hydrogens is 308 g/mol. The lowest BCUT2D eigenvalue weighted by molar-refractivity contribution is 0.188. The number of nitrogens with zero attached hydrogens (tertiary/aromatic N) is 3. The summed E-state index contributed by atoms with van der Waals surface area (Å²) in [7, 11) is 1.68. The maximum absolute atomic E-state index is 5.98. The Hall–Kier alpha value is -1.66. The van der Waals surface area contributed by atoms with Gasteiger partial charge in [-0.1, -0.05) is 15.9 Å². The van der Waals surface area contributed by atoms with Crippen molar-refractivity contribution in [2.24, 2.45) is 0 Å². The van der Waals surface area contributed by atoms with Gasteiger partial charge in [-0.2, -0.15) is 0 Å². The minimum Gasteiger partial charge on any atom is -0.383 e. The van der Waals surface area contributed by atoms with E-state index in [1.54, 1.807) is 13.4 Å². The van der Waals surface area contributed by atoms with Gasteiger partial charge in [-0.3, -0.25) is 0 Å². The second-order valence-electron chi connectivity index (χ2n) is 4.29. The van der Waals surface area contributed by atoms with Crippen molar-refractivity contribution in [3.05, 3.63) is 29.0 Å². The lowest BCUT2D eigenvalue weighted by Crippen LogP contribution is -2.03. The van der Waals surface area contributed by atoms with Crippen LogP contribution in [-0.2, 0) is 11.3 Å². The zero-order valence-corrected chi connectivity index (χ0v) is 12.0. The Morgan fingerprint density at radius 3 is 3.05 bits per heavy atom. The van der Waals surface area contributed by atoms with E-state index in [1.165, 1.54) is 0 Å². The molecule has 0 aliphatic rings. The molecule has 0 amide bonds. The number of anilines is 1. The van der Waals surface area contributed by atoms with E-state index < -0.39 is 0 Å². The van der Waals surface area contributed by atoms with E-state index in [-0.39, 0.29) is 0 Å². The van der Waals surface area contributed by atoms with Crippen LogP contribution in [-0.4, -0.2) is 28.3 Å². The van der Waals surface area contributed by atoms with Gasteiger partial charge in [0, 0.05) is 23.5 Å². The molecule has 0 aliphatic heterocycles. The molecule has 0 saturated heterocycles. The molecule has 0 aliphatic carbocycles. The van der Waals surface area contributed by atoms with Crippen molar-refractivity contribution in [2.75, 3.05) is 19.5 Å². The average molecular weight is 321 g/mol. The second-order valence-corrected chi connectivity index (χ2v) is 5.20. The lowest BCUT2D eigenvalue weighted by atomic mass is 10.2. The monoisotopic (exact) mass is 320 g/mol. The number of fused-ring (bicyclic) bond motifs is 3. The fourth-order valence-corrected chi connectivity index (χ4v) is 2.54. The highest BCUT2D eigenvalue weighted by Crippen LogP contribution is 2.28. The van der Waals surface area contributed by atoms with Crippen LogP contribution < -0.4 is 5.73 Å².